The Labute approximate surface area is 88.1 Å². The van der Waals surface area contributed by atoms with E-state index in [0.717, 1.165) is 0 Å². The van der Waals surface area contributed by atoms with E-state index in [1.54, 1.807) is 0 Å². The van der Waals surface area contributed by atoms with Crippen LogP contribution in [0, 0.1) is 5.41 Å². The number of piperidine rings is 1. The predicted molar refractivity (Wildman–Crippen MR) is 60.6 cm³/mol. The third kappa shape index (κ3) is 9.52. The summed E-state index contributed by atoms with van der Waals surface area (Å²) < 4.78 is 0. The minimum absolute atomic E-state index is 0.250. The van der Waals surface area contributed by atoms with Gasteiger partial charge < -0.3 is 10.0 Å². The van der Waals surface area contributed by atoms with E-state index >= 15 is 0 Å². The summed E-state index contributed by atoms with van der Waals surface area (Å²) in [5, 5.41) is 6.89. The second-order valence-electron chi connectivity index (χ2n) is 4.07. The Morgan fingerprint density at radius 3 is 1.71 bits per heavy atom. The fraction of sp³-hybridized carbons (Fsp3) is 0.909. The molecule has 0 spiro atoms. The molecular weight excluding hydrogens is 178 g/mol. The lowest BCUT2D eigenvalue weighted by molar-refractivity contribution is -0.122. The van der Waals surface area contributed by atoms with E-state index in [0.29, 0.717) is 5.41 Å². The normalized spacial score (nSPS) is 19.5. The first kappa shape index (κ1) is 15.9. The zero-order chi connectivity index (χ0) is 11.6. The summed E-state index contributed by atoms with van der Waals surface area (Å²) in [7, 11) is 2.20. The van der Waals surface area contributed by atoms with Crippen LogP contribution >= 0.6 is 0 Å². The van der Waals surface area contributed by atoms with Gasteiger partial charge in [-0.3, -0.25) is 4.79 Å². The molecule has 1 aliphatic heterocycles. The van der Waals surface area contributed by atoms with Gasteiger partial charge >= 0.3 is 0 Å². The SMILES string of the molecule is CC.CN1CCC(C)(C)CC1.O=CO. The van der Waals surface area contributed by atoms with Crippen LogP contribution in [0.4, 0.5) is 0 Å². The highest BCUT2D eigenvalue weighted by Gasteiger charge is 2.22. The van der Waals surface area contributed by atoms with Crippen molar-refractivity contribution in [1.82, 2.24) is 4.90 Å². The van der Waals surface area contributed by atoms with Crippen LogP contribution in [0.25, 0.3) is 0 Å². The van der Waals surface area contributed by atoms with E-state index in [-0.39, 0.29) is 6.47 Å². The molecule has 0 aliphatic carbocycles. The van der Waals surface area contributed by atoms with Gasteiger partial charge in [-0.15, -0.1) is 0 Å². The molecule has 86 valence electrons. The topological polar surface area (TPSA) is 40.5 Å². The predicted octanol–water partition coefficient (Wildman–Crippen LogP) is 2.47. The van der Waals surface area contributed by atoms with Gasteiger partial charge in [-0.25, -0.2) is 0 Å². The van der Waals surface area contributed by atoms with Crippen LogP contribution < -0.4 is 0 Å². The molecule has 1 fully saturated rings. The first-order valence-electron chi connectivity index (χ1n) is 5.28. The van der Waals surface area contributed by atoms with Gasteiger partial charge in [0.15, 0.2) is 0 Å². The number of carbonyl (C=O) groups is 1. The lowest BCUT2D eigenvalue weighted by Crippen LogP contribution is -2.34. The lowest BCUT2D eigenvalue weighted by Gasteiger charge is -2.34. The van der Waals surface area contributed by atoms with E-state index in [4.69, 9.17) is 9.90 Å². The molecule has 3 nitrogen and oxygen atoms in total. The molecular formula is C11H25NO2. The number of carboxylic acid groups (broad SMARTS) is 1. The van der Waals surface area contributed by atoms with Gasteiger partial charge in [0, 0.05) is 0 Å². The molecule has 0 radical (unpaired) electrons. The number of hydrogen-bond donors (Lipinski definition) is 1. The van der Waals surface area contributed by atoms with Crippen molar-refractivity contribution in [2.24, 2.45) is 5.41 Å². The van der Waals surface area contributed by atoms with Crippen molar-refractivity contribution in [1.29, 1.82) is 0 Å². The monoisotopic (exact) mass is 203 g/mol. The Bertz CT molecular complexity index is 125. The first-order valence-corrected chi connectivity index (χ1v) is 5.28. The van der Waals surface area contributed by atoms with Gasteiger partial charge in [-0.1, -0.05) is 27.7 Å². The molecule has 0 aromatic rings. The molecule has 0 amide bonds. The second kappa shape index (κ2) is 9.00. The summed E-state index contributed by atoms with van der Waals surface area (Å²) in [6.45, 7) is 11.0. The zero-order valence-electron chi connectivity index (χ0n) is 10.2. The minimum atomic E-state index is -0.250. The Hall–Kier alpha value is -0.570. The molecule has 1 rings (SSSR count). The Balaban J connectivity index is 0. The van der Waals surface area contributed by atoms with Gasteiger partial charge in [0.25, 0.3) is 6.47 Å². The van der Waals surface area contributed by atoms with Crippen molar-refractivity contribution in [2.45, 2.75) is 40.5 Å². The van der Waals surface area contributed by atoms with Gasteiger partial charge in [-0.05, 0) is 38.4 Å². The first-order chi connectivity index (χ1) is 6.52. The summed E-state index contributed by atoms with van der Waals surface area (Å²) >= 11 is 0. The van der Waals surface area contributed by atoms with Gasteiger partial charge in [0.1, 0.15) is 0 Å². The van der Waals surface area contributed by atoms with Crippen molar-refractivity contribution in [3.63, 3.8) is 0 Å². The van der Waals surface area contributed by atoms with E-state index in [1.807, 2.05) is 13.8 Å². The molecule has 0 bridgehead atoms. The summed E-state index contributed by atoms with van der Waals surface area (Å²) in [4.78, 5) is 10.8. The van der Waals surface area contributed by atoms with Crippen LogP contribution in [0.5, 0.6) is 0 Å². The molecule has 14 heavy (non-hydrogen) atoms. The van der Waals surface area contributed by atoms with Crippen LogP contribution in [0.2, 0.25) is 0 Å². The molecule has 0 saturated carbocycles. The van der Waals surface area contributed by atoms with Crippen molar-refractivity contribution in [2.75, 3.05) is 20.1 Å². The van der Waals surface area contributed by atoms with Crippen LogP contribution in [-0.4, -0.2) is 36.6 Å². The summed E-state index contributed by atoms with van der Waals surface area (Å²) in [5.41, 5.74) is 0.618. The molecule has 1 aliphatic rings. The number of rotatable bonds is 0. The summed E-state index contributed by atoms with van der Waals surface area (Å²) in [6, 6.07) is 0. The molecule has 0 aromatic carbocycles. The van der Waals surface area contributed by atoms with Gasteiger partial charge in [0.05, 0.1) is 0 Å². The van der Waals surface area contributed by atoms with E-state index in [1.165, 1.54) is 25.9 Å². The van der Waals surface area contributed by atoms with Crippen molar-refractivity contribution < 1.29 is 9.90 Å². The molecule has 3 heteroatoms. The third-order valence-electron chi connectivity index (χ3n) is 2.34. The Kier molecular flexibility index (Phi) is 10.2. The van der Waals surface area contributed by atoms with Crippen LogP contribution in [-0.2, 0) is 4.79 Å². The number of likely N-dealkylation sites (tertiary alicyclic amines) is 1. The molecule has 1 heterocycles. The molecule has 0 unspecified atom stereocenters. The Morgan fingerprint density at radius 1 is 1.21 bits per heavy atom. The number of nitrogens with zero attached hydrogens (tertiary/aromatic N) is 1. The fourth-order valence-corrected chi connectivity index (χ4v) is 1.22. The summed E-state index contributed by atoms with van der Waals surface area (Å²) in [6.07, 6.45) is 2.73. The van der Waals surface area contributed by atoms with Gasteiger partial charge in [-0.2, -0.15) is 0 Å². The Morgan fingerprint density at radius 2 is 1.50 bits per heavy atom. The highest BCUT2D eigenvalue weighted by Crippen LogP contribution is 2.28. The standard InChI is InChI=1S/C8H17N.C2H6.CH2O2/c1-8(2)4-6-9(3)7-5-8;1-2;2-1-3/h4-7H2,1-3H3;1-2H3;1H,(H,2,3). The maximum absolute atomic E-state index is 8.36. The quantitative estimate of drug-likeness (QED) is 0.615. The second-order valence-corrected chi connectivity index (χ2v) is 4.07. The van der Waals surface area contributed by atoms with Crippen molar-refractivity contribution in [3.05, 3.63) is 0 Å². The highest BCUT2D eigenvalue weighted by atomic mass is 16.3. The van der Waals surface area contributed by atoms with Crippen LogP contribution in [0.3, 0.4) is 0 Å². The average Bonchev–Trinajstić information content (AvgIpc) is 2.15. The molecule has 0 atom stereocenters. The largest absolute Gasteiger partial charge is 0.483 e. The lowest BCUT2D eigenvalue weighted by atomic mass is 9.83. The molecule has 0 aromatic heterocycles. The maximum Gasteiger partial charge on any atom is 0.290 e. The van der Waals surface area contributed by atoms with E-state index in [2.05, 4.69) is 25.8 Å². The van der Waals surface area contributed by atoms with E-state index in [9.17, 15) is 0 Å². The smallest absolute Gasteiger partial charge is 0.290 e. The zero-order valence-corrected chi connectivity index (χ0v) is 10.2. The number of hydrogen-bond acceptors (Lipinski definition) is 2. The highest BCUT2D eigenvalue weighted by molar-refractivity contribution is 5.32. The minimum Gasteiger partial charge on any atom is -0.483 e. The van der Waals surface area contributed by atoms with Crippen molar-refractivity contribution >= 4 is 6.47 Å². The fourth-order valence-electron chi connectivity index (χ4n) is 1.22. The van der Waals surface area contributed by atoms with Crippen molar-refractivity contribution in [3.8, 4) is 0 Å². The molecule has 1 saturated heterocycles. The summed E-state index contributed by atoms with van der Waals surface area (Å²) in [5.74, 6) is 0. The van der Waals surface area contributed by atoms with Crippen LogP contribution in [0.15, 0.2) is 0 Å². The van der Waals surface area contributed by atoms with Crippen LogP contribution in [0.1, 0.15) is 40.5 Å². The maximum atomic E-state index is 8.36. The average molecular weight is 203 g/mol. The third-order valence-corrected chi connectivity index (χ3v) is 2.34. The van der Waals surface area contributed by atoms with E-state index < -0.39 is 0 Å². The molecule has 1 N–H and O–H groups in total. The van der Waals surface area contributed by atoms with Gasteiger partial charge in [0.2, 0.25) is 0 Å².